The Hall–Kier alpha value is -0.360. The van der Waals surface area contributed by atoms with E-state index in [4.69, 9.17) is 0 Å². The molecule has 1 aliphatic carbocycles. The van der Waals surface area contributed by atoms with Gasteiger partial charge in [-0.1, -0.05) is 25.7 Å². The molecule has 0 aromatic heterocycles. The molecular weight excluding hydrogens is 344 g/mol. The van der Waals surface area contributed by atoms with E-state index >= 15 is 0 Å². The van der Waals surface area contributed by atoms with E-state index in [1.807, 2.05) is 0 Å². The Morgan fingerprint density at radius 3 is 2.50 bits per heavy atom. The van der Waals surface area contributed by atoms with Crippen molar-refractivity contribution in [1.29, 1.82) is 0 Å². The molecule has 1 fully saturated rings. The molecule has 4 heteroatoms. The summed E-state index contributed by atoms with van der Waals surface area (Å²) in [5.41, 5.74) is 0.295. The lowest BCUT2D eigenvalue weighted by molar-refractivity contribution is 0.0381. The van der Waals surface area contributed by atoms with Crippen molar-refractivity contribution in [3.05, 3.63) is 27.6 Å². The molecule has 2 rings (SSSR count). The lowest BCUT2D eigenvalue weighted by atomic mass is 9.94. The number of hydrogen-bond acceptors (Lipinski definition) is 2. The Balaban J connectivity index is 1.97. The molecule has 2 N–H and O–H groups in total. The fraction of sp³-hybridized carbons (Fsp3) is 0.571. The molecule has 0 spiro atoms. The summed E-state index contributed by atoms with van der Waals surface area (Å²) in [6, 6.07) is 4.68. The highest BCUT2D eigenvalue weighted by Gasteiger charge is 2.27. The van der Waals surface area contributed by atoms with Crippen LogP contribution in [-0.2, 0) is 0 Å². The van der Waals surface area contributed by atoms with Gasteiger partial charge in [0.15, 0.2) is 0 Å². The molecule has 100 valence electrons. The number of benzene rings is 1. The summed E-state index contributed by atoms with van der Waals surface area (Å²) >= 11 is 2.11. The average Bonchev–Trinajstić information content (AvgIpc) is 2.54. The summed E-state index contributed by atoms with van der Waals surface area (Å²) < 4.78 is 13.8. The van der Waals surface area contributed by atoms with Gasteiger partial charge in [-0.25, -0.2) is 4.39 Å². The maximum Gasteiger partial charge on any atom is 0.124 e. The van der Waals surface area contributed by atoms with Gasteiger partial charge >= 0.3 is 0 Å². The Morgan fingerprint density at radius 2 is 1.89 bits per heavy atom. The molecule has 0 saturated heterocycles. The maximum atomic E-state index is 13.0. The van der Waals surface area contributed by atoms with Gasteiger partial charge in [0, 0.05) is 15.8 Å². The first-order valence-electron chi connectivity index (χ1n) is 6.50. The predicted molar refractivity (Wildman–Crippen MR) is 80.3 cm³/mol. The van der Waals surface area contributed by atoms with Gasteiger partial charge in [0.2, 0.25) is 0 Å². The third kappa shape index (κ3) is 3.82. The minimum atomic E-state index is -0.603. The molecule has 0 bridgehead atoms. The number of nitrogens with one attached hydrogen (secondary N) is 1. The van der Waals surface area contributed by atoms with Crippen LogP contribution in [0.1, 0.15) is 38.5 Å². The molecule has 0 heterocycles. The number of anilines is 1. The van der Waals surface area contributed by atoms with Crippen LogP contribution in [0.15, 0.2) is 18.2 Å². The van der Waals surface area contributed by atoms with Gasteiger partial charge < -0.3 is 10.4 Å². The van der Waals surface area contributed by atoms with E-state index in [1.165, 1.54) is 25.0 Å². The highest BCUT2D eigenvalue weighted by atomic mass is 127. The second-order valence-corrected chi connectivity index (χ2v) is 6.28. The molecule has 0 radical (unpaired) electrons. The van der Waals surface area contributed by atoms with Crippen LogP contribution in [0.25, 0.3) is 0 Å². The van der Waals surface area contributed by atoms with Gasteiger partial charge in [-0.05, 0) is 53.6 Å². The second-order valence-electron chi connectivity index (χ2n) is 5.12. The van der Waals surface area contributed by atoms with Gasteiger partial charge in [-0.15, -0.1) is 0 Å². The largest absolute Gasteiger partial charge is 0.388 e. The Morgan fingerprint density at radius 1 is 1.22 bits per heavy atom. The highest BCUT2D eigenvalue weighted by Crippen LogP contribution is 2.28. The molecule has 1 aliphatic rings. The first-order chi connectivity index (χ1) is 8.59. The van der Waals surface area contributed by atoms with Crippen LogP contribution < -0.4 is 5.32 Å². The lowest BCUT2D eigenvalue weighted by Crippen LogP contribution is -2.36. The molecule has 0 aliphatic heterocycles. The van der Waals surface area contributed by atoms with E-state index in [2.05, 4.69) is 27.9 Å². The van der Waals surface area contributed by atoms with Crippen LogP contribution in [0.2, 0.25) is 0 Å². The van der Waals surface area contributed by atoms with Crippen molar-refractivity contribution in [2.75, 3.05) is 11.9 Å². The zero-order valence-corrected chi connectivity index (χ0v) is 12.5. The fourth-order valence-electron chi connectivity index (χ4n) is 2.46. The van der Waals surface area contributed by atoms with Crippen LogP contribution in [0, 0.1) is 9.39 Å². The minimum Gasteiger partial charge on any atom is -0.388 e. The second kappa shape index (κ2) is 6.19. The normalized spacial score (nSPS) is 19.3. The first-order valence-corrected chi connectivity index (χ1v) is 7.58. The van der Waals surface area contributed by atoms with Gasteiger partial charge in [0.05, 0.1) is 5.60 Å². The van der Waals surface area contributed by atoms with E-state index in [0.29, 0.717) is 6.54 Å². The van der Waals surface area contributed by atoms with Crippen molar-refractivity contribution < 1.29 is 9.50 Å². The maximum absolute atomic E-state index is 13.0. The van der Waals surface area contributed by atoms with Gasteiger partial charge in [0.1, 0.15) is 5.82 Å². The predicted octanol–water partition coefficient (Wildman–Crippen LogP) is 3.93. The van der Waals surface area contributed by atoms with Gasteiger partial charge in [0.25, 0.3) is 0 Å². The van der Waals surface area contributed by atoms with E-state index in [1.54, 1.807) is 6.07 Å². The van der Waals surface area contributed by atoms with Gasteiger partial charge in [-0.3, -0.25) is 0 Å². The smallest absolute Gasteiger partial charge is 0.124 e. The summed E-state index contributed by atoms with van der Waals surface area (Å²) in [5, 5.41) is 13.8. The summed E-state index contributed by atoms with van der Waals surface area (Å²) in [7, 11) is 0. The summed E-state index contributed by atoms with van der Waals surface area (Å²) in [5.74, 6) is -0.224. The van der Waals surface area contributed by atoms with E-state index in [-0.39, 0.29) is 5.82 Å². The third-order valence-electron chi connectivity index (χ3n) is 3.57. The standard InChI is InChI=1S/C14H19FINO/c15-11-5-6-13(12(16)9-11)17-10-14(18)7-3-1-2-4-8-14/h5-6,9,17-18H,1-4,7-8,10H2. The Kier molecular flexibility index (Phi) is 4.84. The van der Waals surface area contributed by atoms with Crippen LogP contribution >= 0.6 is 22.6 Å². The van der Waals surface area contributed by atoms with Crippen molar-refractivity contribution in [2.24, 2.45) is 0 Å². The molecule has 0 unspecified atom stereocenters. The molecule has 18 heavy (non-hydrogen) atoms. The quantitative estimate of drug-likeness (QED) is 0.630. The van der Waals surface area contributed by atoms with Crippen molar-refractivity contribution in [3.63, 3.8) is 0 Å². The van der Waals surface area contributed by atoms with Crippen molar-refractivity contribution >= 4 is 28.3 Å². The highest BCUT2D eigenvalue weighted by molar-refractivity contribution is 14.1. The van der Waals surface area contributed by atoms with Crippen molar-refractivity contribution in [2.45, 2.75) is 44.1 Å². The molecule has 0 amide bonds. The molecule has 1 aromatic rings. The topological polar surface area (TPSA) is 32.3 Å². The van der Waals surface area contributed by atoms with Crippen LogP contribution in [-0.4, -0.2) is 17.3 Å². The number of hydrogen-bond donors (Lipinski definition) is 2. The van der Waals surface area contributed by atoms with Crippen LogP contribution in [0.4, 0.5) is 10.1 Å². The summed E-state index contributed by atoms with van der Waals surface area (Å²) in [6.07, 6.45) is 6.35. The number of aliphatic hydroxyl groups is 1. The molecule has 1 saturated carbocycles. The molecule has 0 atom stereocenters. The lowest BCUT2D eigenvalue weighted by Gasteiger charge is -2.27. The first kappa shape index (κ1) is 14.1. The SMILES string of the molecule is OC1(CNc2ccc(F)cc2I)CCCCCC1. The van der Waals surface area contributed by atoms with E-state index in [0.717, 1.165) is 34.9 Å². The molecule has 2 nitrogen and oxygen atoms in total. The summed E-state index contributed by atoms with van der Waals surface area (Å²) in [4.78, 5) is 0. The summed E-state index contributed by atoms with van der Waals surface area (Å²) in [6.45, 7) is 0.550. The van der Waals surface area contributed by atoms with E-state index < -0.39 is 5.60 Å². The monoisotopic (exact) mass is 363 g/mol. The minimum absolute atomic E-state index is 0.224. The number of halogens is 2. The Labute approximate surface area is 121 Å². The van der Waals surface area contributed by atoms with E-state index in [9.17, 15) is 9.50 Å². The average molecular weight is 363 g/mol. The van der Waals surface area contributed by atoms with Gasteiger partial charge in [-0.2, -0.15) is 0 Å². The fourth-order valence-corrected chi connectivity index (χ4v) is 3.12. The molecular formula is C14H19FINO. The van der Waals surface area contributed by atoms with Crippen molar-refractivity contribution in [3.8, 4) is 0 Å². The van der Waals surface area contributed by atoms with Crippen LogP contribution in [0.3, 0.4) is 0 Å². The zero-order valence-electron chi connectivity index (χ0n) is 10.4. The third-order valence-corrected chi connectivity index (χ3v) is 4.47. The van der Waals surface area contributed by atoms with Crippen LogP contribution in [0.5, 0.6) is 0 Å². The Bertz CT molecular complexity index is 403. The van der Waals surface area contributed by atoms with Crippen molar-refractivity contribution in [1.82, 2.24) is 0 Å². The zero-order chi connectivity index (χ0) is 13.0. The number of rotatable bonds is 3. The molecule has 1 aromatic carbocycles.